The van der Waals surface area contributed by atoms with Crippen LogP contribution in [-0.4, -0.2) is 12.5 Å². The molecule has 3 N–H and O–H groups in total. The maximum Gasteiger partial charge on any atom is 0.256 e. The molecule has 0 aliphatic rings. The second kappa shape index (κ2) is 6.69. The van der Waals surface area contributed by atoms with Crippen LogP contribution in [0.1, 0.15) is 21.5 Å². The number of hydrogen-bond donors (Lipinski definition) is 2. The average Bonchev–Trinajstić information content (AvgIpc) is 2.50. The van der Waals surface area contributed by atoms with E-state index in [0.717, 1.165) is 0 Å². The van der Waals surface area contributed by atoms with Gasteiger partial charge >= 0.3 is 0 Å². The molecule has 0 spiro atoms. The van der Waals surface area contributed by atoms with E-state index in [0.29, 0.717) is 22.4 Å². The van der Waals surface area contributed by atoms with E-state index < -0.39 is 0 Å². The van der Waals surface area contributed by atoms with Gasteiger partial charge < -0.3 is 11.1 Å². The van der Waals surface area contributed by atoms with Crippen molar-refractivity contribution in [1.29, 1.82) is 0 Å². The van der Waals surface area contributed by atoms with Crippen LogP contribution < -0.4 is 11.1 Å². The highest BCUT2D eigenvalue weighted by molar-refractivity contribution is 6.06. The number of anilines is 1. The Kier molecular flexibility index (Phi) is 4.70. The Hall–Kier alpha value is -2.64. The predicted octanol–water partition coefficient (Wildman–Crippen LogP) is 2.70. The van der Waals surface area contributed by atoms with Crippen LogP contribution in [-0.2, 0) is 0 Å². The van der Waals surface area contributed by atoms with Crippen LogP contribution in [0.15, 0.2) is 42.5 Å². The molecule has 4 heteroatoms. The van der Waals surface area contributed by atoms with Gasteiger partial charge in [0.1, 0.15) is 5.82 Å². The maximum absolute atomic E-state index is 13.5. The molecular weight excluding hydrogens is 267 g/mol. The first-order chi connectivity index (χ1) is 10.1. The lowest BCUT2D eigenvalue weighted by Gasteiger charge is -2.10. The summed E-state index contributed by atoms with van der Waals surface area (Å²) >= 11 is 0. The molecule has 0 heterocycles. The molecular formula is C17H15FN2O. The zero-order valence-electron chi connectivity index (χ0n) is 11.6. The first kappa shape index (κ1) is 14.8. The number of hydrogen-bond acceptors (Lipinski definition) is 2. The third-order valence-corrected chi connectivity index (χ3v) is 3.01. The number of nitrogens with one attached hydrogen (secondary N) is 1. The molecule has 1 amide bonds. The third kappa shape index (κ3) is 3.47. The number of benzene rings is 2. The smallest absolute Gasteiger partial charge is 0.256 e. The van der Waals surface area contributed by atoms with Crippen molar-refractivity contribution in [2.24, 2.45) is 5.73 Å². The molecule has 0 unspecified atom stereocenters. The number of rotatable bonds is 2. The van der Waals surface area contributed by atoms with Crippen molar-refractivity contribution in [2.75, 3.05) is 11.9 Å². The predicted molar refractivity (Wildman–Crippen MR) is 81.5 cm³/mol. The first-order valence-electron chi connectivity index (χ1n) is 6.48. The van der Waals surface area contributed by atoms with Crippen molar-refractivity contribution in [3.63, 3.8) is 0 Å². The van der Waals surface area contributed by atoms with E-state index >= 15 is 0 Å². The van der Waals surface area contributed by atoms with E-state index in [1.54, 1.807) is 43.3 Å². The minimum atomic E-state index is -0.357. The second-order valence-electron chi connectivity index (χ2n) is 4.42. The van der Waals surface area contributed by atoms with Gasteiger partial charge in [0.15, 0.2) is 0 Å². The Morgan fingerprint density at radius 3 is 2.76 bits per heavy atom. The van der Waals surface area contributed by atoms with E-state index in [9.17, 15) is 9.18 Å². The van der Waals surface area contributed by atoms with Gasteiger partial charge in [0.25, 0.3) is 5.91 Å². The SMILES string of the molecule is Cc1c(F)cccc1NC(=O)c1ccccc1C#CCN. The normalized spacial score (nSPS) is 9.67. The van der Waals surface area contributed by atoms with Gasteiger partial charge in [-0.3, -0.25) is 4.79 Å². The fraction of sp³-hybridized carbons (Fsp3) is 0.118. The lowest BCUT2D eigenvalue weighted by Crippen LogP contribution is -2.14. The zero-order chi connectivity index (χ0) is 15.2. The summed E-state index contributed by atoms with van der Waals surface area (Å²) in [6.07, 6.45) is 0. The molecule has 0 aromatic heterocycles. The number of nitrogens with two attached hydrogens (primary N) is 1. The van der Waals surface area contributed by atoms with Crippen molar-refractivity contribution in [3.8, 4) is 11.8 Å². The largest absolute Gasteiger partial charge is 0.322 e. The molecule has 2 aromatic rings. The van der Waals surface area contributed by atoms with E-state index in [1.165, 1.54) is 6.07 Å². The number of carbonyl (C=O) groups excluding carboxylic acids is 1. The highest BCUT2D eigenvalue weighted by Gasteiger charge is 2.12. The van der Waals surface area contributed by atoms with Crippen molar-refractivity contribution >= 4 is 11.6 Å². The Balaban J connectivity index is 2.31. The minimum absolute atomic E-state index is 0.221. The van der Waals surface area contributed by atoms with Crippen LogP contribution in [0.5, 0.6) is 0 Å². The molecule has 21 heavy (non-hydrogen) atoms. The minimum Gasteiger partial charge on any atom is -0.322 e. The van der Waals surface area contributed by atoms with Gasteiger partial charge in [-0.2, -0.15) is 0 Å². The summed E-state index contributed by atoms with van der Waals surface area (Å²) in [7, 11) is 0. The van der Waals surface area contributed by atoms with Gasteiger partial charge in [0.2, 0.25) is 0 Å². The Bertz CT molecular complexity index is 729. The van der Waals surface area contributed by atoms with Gasteiger partial charge in [0, 0.05) is 16.8 Å². The molecule has 0 saturated heterocycles. The van der Waals surface area contributed by atoms with Gasteiger partial charge in [-0.05, 0) is 31.2 Å². The molecule has 0 saturated carbocycles. The second-order valence-corrected chi connectivity index (χ2v) is 4.42. The Morgan fingerprint density at radius 1 is 1.24 bits per heavy atom. The van der Waals surface area contributed by atoms with Crippen molar-refractivity contribution in [1.82, 2.24) is 0 Å². The average molecular weight is 282 g/mol. The van der Waals surface area contributed by atoms with Crippen LogP contribution in [0.25, 0.3) is 0 Å². The zero-order valence-corrected chi connectivity index (χ0v) is 11.6. The van der Waals surface area contributed by atoms with E-state index in [1.807, 2.05) is 0 Å². The highest BCUT2D eigenvalue weighted by atomic mass is 19.1. The maximum atomic E-state index is 13.5. The first-order valence-corrected chi connectivity index (χ1v) is 6.48. The van der Waals surface area contributed by atoms with Gasteiger partial charge in [-0.15, -0.1) is 0 Å². The van der Waals surface area contributed by atoms with Crippen LogP contribution in [0.3, 0.4) is 0 Å². The quantitative estimate of drug-likeness (QED) is 0.832. The Morgan fingerprint density at radius 2 is 2.00 bits per heavy atom. The van der Waals surface area contributed by atoms with E-state index in [4.69, 9.17) is 5.73 Å². The summed E-state index contributed by atoms with van der Waals surface area (Å²) in [5, 5.41) is 2.71. The van der Waals surface area contributed by atoms with Gasteiger partial charge in [0.05, 0.1) is 12.1 Å². The summed E-state index contributed by atoms with van der Waals surface area (Å²) in [6.45, 7) is 1.84. The summed E-state index contributed by atoms with van der Waals surface area (Å²) in [5.41, 5.74) is 7.22. The number of amides is 1. The molecule has 0 atom stereocenters. The fourth-order valence-corrected chi connectivity index (χ4v) is 1.87. The van der Waals surface area contributed by atoms with Gasteiger partial charge in [-0.1, -0.05) is 30.0 Å². The van der Waals surface area contributed by atoms with E-state index in [2.05, 4.69) is 17.2 Å². The standard InChI is InChI=1S/C17H15FN2O/c1-12-15(18)9-4-10-16(12)20-17(21)14-8-3-2-6-13(14)7-5-11-19/h2-4,6,8-10H,11,19H2,1H3,(H,20,21). The highest BCUT2D eigenvalue weighted by Crippen LogP contribution is 2.19. The molecule has 0 aliphatic carbocycles. The molecule has 0 fully saturated rings. The van der Waals surface area contributed by atoms with Crippen molar-refractivity contribution < 1.29 is 9.18 Å². The monoisotopic (exact) mass is 282 g/mol. The van der Waals surface area contributed by atoms with Crippen molar-refractivity contribution in [2.45, 2.75) is 6.92 Å². The summed E-state index contributed by atoms with van der Waals surface area (Å²) in [4.78, 5) is 12.3. The molecule has 2 aromatic carbocycles. The van der Waals surface area contributed by atoms with Crippen molar-refractivity contribution in [3.05, 3.63) is 65.0 Å². The molecule has 106 valence electrons. The van der Waals surface area contributed by atoms with Crippen LogP contribution in [0.2, 0.25) is 0 Å². The van der Waals surface area contributed by atoms with Crippen LogP contribution >= 0.6 is 0 Å². The van der Waals surface area contributed by atoms with Gasteiger partial charge in [-0.25, -0.2) is 4.39 Å². The topological polar surface area (TPSA) is 55.1 Å². The molecule has 2 rings (SSSR count). The summed E-state index contributed by atoms with van der Waals surface area (Å²) in [6, 6.07) is 11.5. The van der Waals surface area contributed by atoms with Crippen LogP contribution in [0.4, 0.5) is 10.1 Å². The third-order valence-electron chi connectivity index (χ3n) is 3.01. The van der Waals surface area contributed by atoms with E-state index in [-0.39, 0.29) is 18.3 Å². The Labute approximate surface area is 123 Å². The molecule has 3 nitrogen and oxygen atoms in total. The number of carbonyl (C=O) groups is 1. The molecule has 0 aliphatic heterocycles. The molecule has 0 bridgehead atoms. The summed E-state index contributed by atoms with van der Waals surface area (Å²) in [5.74, 6) is 4.89. The van der Waals surface area contributed by atoms with Crippen LogP contribution in [0, 0.1) is 24.6 Å². The number of halogens is 1. The fourth-order valence-electron chi connectivity index (χ4n) is 1.87. The molecule has 0 radical (unpaired) electrons. The summed E-state index contributed by atoms with van der Waals surface area (Å²) < 4.78 is 13.5. The lowest BCUT2D eigenvalue weighted by molar-refractivity contribution is 0.102. The lowest BCUT2D eigenvalue weighted by atomic mass is 10.1.